The second-order valence-corrected chi connectivity index (χ2v) is 2.78. The van der Waals surface area contributed by atoms with Gasteiger partial charge in [0.2, 0.25) is 0 Å². The summed E-state index contributed by atoms with van der Waals surface area (Å²) in [5.74, 6) is 0. The van der Waals surface area contributed by atoms with Crippen molar-refractivity contribution in [2.45, 2.75) is 37.6 Å². The molecular weight excluding hydrogens is 168 g/mol. The van der Waals surface area contributed by atoms with E-state index in [9.17, 15) is 10.2 Å². The molecule has 12 heavy (non-hydrogen) atoms. The second-order valence-electron chi connectivity index (χ2n) is 2.78. The summed E-state index contributed by atoms with van der Waals surface area (Å²) < 4.78 is 4.73. The Kier molecular flexibility index (Phi) is 2.99. The highest BCUT2D eigenvalue weighted by atomic mass is 17.1. The lowest BCUT2D eigenvalue weighted by Gasteiger charge is -2.37. The first-order valence-electron chi connectivity index (χ1n) is 3.57. The number of aliphatic hydroxyl groups excluding tert-OH is 3. The van der Waals surface area contributed by atoms with E-state index in [4.69, 9.17) is 15.1 Å². The summed E-state index contributed by atoms with van der Waals surface area (Å²) in [5.41, 5.74) is 0. The van der Waals surface area contributed by atoms with Gasteiger partial charge in [-0.3, -0.25) is 5.26 Å². The van der Waals surface area contributed by atoms with Gasteiger partial charge < -0.3 is 20.1 Å². The van der Waals surface area contributed by atoms with Gasteiger partial charge in [0.25, 0.3) is 0 Å². The average Bonchev–Trinajstić information content (AvgIpc) is 2.01. The largest absolute Gasteiger partial charge is 0.388 e. The summed E-state index contributed by atoms with van der Waals surface area (Å²) in [6.45, 7) is 1.49. The minimum absolute atomic E-state index is 0.693. The molecule has 72 valence electrons. The van der Waals surface area contributed by atoms with E-state index in [0.717, 1.165) is 0 Å². The molecule has 0 spiro atoms. The van der Waals surface area contributed by atoms with E-state index in [0.29, 0.717) is 0 Å². The Morgan fingerprint density at radius 3 is 2.25 bits per heavy atom. The number of hydrogen-bond donors (Lipinski definition) is 4. The third-order valence-electron chi connectivity index (χ3n) is 1.92. The predicted molar refractivity (Wildman–Crippen MR) is 36.1 cm³/mol. The highest BCUT2D eigenvalue weighted by Crippen LogP contribution is 2.20. The Labute approximate surface area is 68.9 Å². The van der Waals surface area contributed by atoms with Gasteiger partial charge in [-0.25, -0.2) is 4.89 Å². The quantitative estimate of drug-likeness (QED) is 0.283. The predicted octanol–water partition coefficient (Wildman–Crippen LogP) is -1.70. The van der Waals surface area contributed by atoms with Crippen molar-refractivity contribution in [2.24, 2.45) is 0 Å². The lowest BCUT2D eigenvalue weighted by atomic mass is 10.0. The lowest BCUT2D eigenvalue weighted by molar-refractivity contribution is -0.378. The molecule has 0 saturated carbocycles. The van der Waals surface area contributed by atoms with Gasteiger partial charge in [0, 0.05) is 0 Å². The smallest absolute Gasteiger partial charge is 0.187 e. The lowest BCUT2D eigenvalue weighted by Crippen LogP contribution is -2.57. The highest BCUT2D eigenvalue weighted by Gasteiger charge is 2.43. The molecule has 6 nitrogen and oxygen atoms in total. The van der Waals surface area contributed by atoms with Crippen LogP contribution in [-0.4, -0.2) is 51.3 Å². The molecule has 4 N–H and O–H groups in total. The molecule has 5 atom stereocenters. The van der Waals surface area contributed by atoms with Crippen LogP contribution in [0.4, 0.5) is 0 Å². The van der Waals surface area contributed by atoms with E-state index in [1.807, 2.05) is 0 Å². The van der Waals surface area contributed by atoms with Crippen LogP contribution in [-0.2, 0) is 9.62 Å². The number of aliphatic hydroxyl groups is 3. The summed E-state index contributed by atoms with van der Waals surface area (Å²) in [4.78, 5) is 3.75. The second kappa shape index (κ2) is 3.65. The summed E-state index contributed by atoms with van der Waals surface area (Å²) in [6, 6.07) is 0. The Balaban J connectivity index is 2.65. The van der Waals surface area contributed by atoms with Gasteiger partial charge in [0.1, 0.15) is 12.2 Å². The van der Waals surface area contributed by atoms with Crippen molar-refractivity contribution in [2.75, 3.05) is 0 Å². The normalized spacial score (nSPS) is 49.2. The molecule has 4 unspecified atom stereocenters. The molecule has 1 aliphatic rings. The van der Waals surface area contributed by atoms with Crippen molar-refractivity contribution in [1.82, 2.24) is 0 Å². The standard InChI is InChI=1S/C6H12O6/c1-2-3(7)4(8)5(12-10)6(9)11-2/h2-10H,1H3/t2?,3?,4?,5?,6-/m1/s1. The monoisotopic (exact) mass is 180 g/mol. The molecule has 1 aliphatic heterocycles. The van der Waals surface area contributed by atoms with Crippen molar-refractivity contribution in [1.29, 1.82) is 0 Å². The number of rotatable bonds is 1. The van der Waals surface area contributed by atoms with E-state index in [-0.39, 0.29) is 0 Å². The summed E-state index contributed by atoms with van der Waals surface area (Å²) >= 11 is 0. The van der Waals surface area contributed by atoms with Crippen LogP contribution in [0, 0.1) is 0 Å². The van der Waals surface area contributed by atoms with Crippen LogP contribution >= 0.6 is 0 Å². The fourth-order valence-electron chi connectivity index (χ4n) is 1.13. The Bertz CT molecular complexity index is 151. The Morgan fingerprint density at radius 2 is 1.75 bits per heavy atom. The van der Waals surface area contributed by atoms with Gasteiger partial charge in [-0.1, -0.05) is 0 Å². The molecule has 1 fully saturated rings. The molecule has 0 bridgehead atoms. The minimum atomic E-state index is -1.43. The highest BCUT2D eigenvalue weighted by molar-refractivity contribution is 4.86. The van der Waals surface area contributed by atoms with Crippen molar-refractivity contribution >= 4 is 0 Å². The zero-order valence-corrected chi connectivity index (χ0v) is 6.49. The maximum absolute atomic E-state index is 9.20. The van der Waals surface area contributed by atoms with Crippen LogP contribution in [0.2, 0.25) is 0 Å². The van der Waals surface area contributed by atoms with Crippen LogP contribution in [0.1, 0.15) is 6.92 Å². The summed E-state index contributed by atoms with van der Waals surface area (Å²) in [5, 5.41) is 35.7. The molecule has 1 rings (SSSR count). The van der Waals surface area contributed by atoms with Crippen LogP contribution in [0.25, 0.3) is 0 Å². The molecule has 0 aromatic heterocycles. The Morgan fingerprint density at radius 1 is 1.17 bits per heavy atom. The first kappa shape index (κ1) is 9.85. The average molecular weight is 180 g/mol. The molecule has 0 aromatic rings. The van der Waals surface area contributed by atoms with Gasteiger partial charge >= 0.3 is 0 Å². The van der Waals surface area contributed by atoms with Gasteiger partial charge in [0.05, 0.1) is 6.10 Å². The fourth-order valence-corrected chi connectivity index (χ4v) is 1.13. The fraction of sp³-hybridized carbons (Fsp3) is 1.00. The van der Waals surface area contributed by atoms with Gasteiger partial charge in [-0.05, 0) is 6.92 Å². The third-order valence-corrected chi connectivity index (χ3v) is 1.92. The first-order valence-corrected chi connectivity index (χ1v) is 3.57. The molecule has 1 heterocycles. The van der Waals surface area contributed by atoms with E-state index in [1.165, 1.54) is 6.92 Å². The van der Waals surface area contributed by atoms with Crippen molar-refractivity contribution in [3.8, 4) is 0 Å². The first-order chi connectivity index (χ1) is 5.57. The van der Waals surface area contributed by atoms with Crippen LogP contribution in [0.3, 0.4) is 0 Å². The zero-order chi connectivity index (χ0) is 9.30. The van der Waals surface area contributed by atoms with Crippen LogP contribution < -0.4 is 0 Å². The van der Waals surface area contributed by atoms with Crippen molar-refractivity contribution < 1.29 is 30.2 Å². The molecular formula is C6H12O6. The zero-order valence-electron chi connectivity index (χ0n) is 6.49. The molecule has 1 saturated heterocycles. The summed E-state index contributed by atoms with van der Waals surface area (Å²) in [6.07, 6.45) is -5.97. The van der Waals surface area contributed by atoms with Crippen molar-refractivity contribution in [3.63, 3.8) is 0 Å². The third kappa shape index (κ3) is 1.58. The van der Waals surface area contributed by atoms with Gasteiger partial charge in [0.15, 0.2) is 12.4 Å². The van der Waals surface area contributed by atoms with Gasteiger partial charge in [-0.15, -0.1) is 0 Å². The van der Waals surface area contributed by atoms with E-state index in [1.54, 1.807) is 0 Å². The Hall–Kier alpha value is -0.240. The molecule has 0 aromatic carbocycles. The van der Waals surface area contributed by atoms with E-state index < -0.39 is 30.7 Å². The topological polar surface area (TPSA) is 99.4 Å². The maximum atomic E-state index is 9.20. The number of hydrogen-bond acceptors (Lipinski definition) is 6. The van der Waals surface area contributed by atoms with Crippen LogP contribution in [0.15, 0.2) is 0 Å². The molecule has 0 radical (unpaired) electrons. The minimum Gasteiger partial charge on any atom is -0.388 e. The SMILES string of the molecule is CC1O[C@@H](O)C(OO)C(O)C1O. The van der Waals surface area contributed by atoms with Crippen LogP contribution in [0.5, 0.6) is 0 Å². The summed E-state index contributed by atoms with van der Waals surface area (Å²) in [7, 11) is 0. The van der Waals surface area contributed by atoms with Gasteiger partial charge in [-0.2, -0.15) is 0 Å². The van der Waals surface area contributed by atoms with E-state index in [2.05, 4.69) is 4.89 Å². The number of ether oxygens (including phenoxy) is 1. The molecule has 0 amide bonds. The van der Waals surface area contributed by atoms with E-state index >= 15 is 0 Å². The van der Waals surface area contributed by atoms with Crippen molar-refractivity contribution in [3.05, 3.63) is 0 Å². The maximum Gasteiger partial charge on any atom is 0.187 e. The molecule has 6 heteroatoms. The molecule has 0 aliphatic carbocycles.